The molecule has 0 radical (unpaired) electrons. The second kappa shape index (κ2) is 5.30. The topological polar surface area (TPSA) is 52.6 Å². The van der Waals surface area contributed by atoms with E-state index < -0.39 is 11.9 Å². The van der Waals surface area contributed by atoms with E-state index in [1.165, 1.54) is 13.8 Å². The summed E-state index contributed by atoms with van der Waals surface area (Å²) in [5.74, 6) is -1.04. The first-order valence-corrected chi connectivity index (χ1v) is 4.93. The average molecular weight is 222 g/mol. The molecule has 0 bridgehead atoms. The third kappa shape index (κ3) is 3.73. The number of rotatable bonds is 2. The van der Waals surface area contributed by atoms with E-state index >= 15 is 0 Å². The van der Waals surface area contributed by atoms with Crippen molar-refractivity contribution in [3.8, 4) is 0 Å². The Hall–Kier alpha value is -1.84. The SMILES string of the molecule is CC(=O)OC(OC(C)=O)=C1C=CC=C(C)C1. The van der Waals surface area contributed by atoms with E-state index in [4.69, 9.17) is 9.47 Å². The first kappa shape index (κ1) is 12.2. The van der Waals surface area contributed by atoms with Gasteiger partial charge in [-0.15, -0.1) is 0 Å². The van der Waals surface area contributed by atoms with Crippen molar-refractivity contribution in [2.75, 3.05) is 0 Å². The van der Waals surface area contributed by atoms with Crippen LogP contribution in [-0.2, 0) is 19.1 Å². The lowest BCUT2D eigenvalue weighted by atomic mass is 10.0. The van der Waals surface area contributed by atoms with Crippen LogP contribution >= 0.6 is 0 Å². The van der Waals surface area contributed by atoms with Gasteiger partial charge in [0.1, 0.15) is 0 Å². The number of esters is 2. The van der Waals surface area contributed by atoms with Crippen molar-refractivity contribution in [1.29, 1.82) is 0 Å². The van der Waals surface area contributed by atoms with Crippen LogP contribution in [0.1, 0.15) is 27.2 Å². The van der Waals surface area contributed by atoms with Crippen LogP contribution in [0.3, 0.4) is 0 Å². The number of hydrogen-bond donors (Lipinski definition) is 0. The Morgan fingerprint density at radius 1 is 1.19 bits per heavy atom. The first-order chi connectivity index (χ1) is 7.49. The van der Waals surface area contributed by atoms with Crippen LogP contribution in [0.2, 0.25) is 0 Å². The molecule has 4 heteroatoms. The zero-order valence-electron chi connectivity index (χ0n) is 9.57. The van der Waals surface area contributed by atoms with Crippen molar-refractivity contribution < 1.29 is 19.1 Å². The molecule has 1 rings (SSSR count). The summed E-state index contributed by atoms with van der Waals surface area (Å²) in [4.78, 5) is 21.7. The summed E-state index contributed by atoms with van der Waals surface area (Å²) in [6, 6.07) is 0. The molecule has 0 fully saturated rings. The zero-order valence-corrected chi connectivity index (χ0v) is 9.57. The Morgan fingerprint density at radius 2 is 1.75 bits per heavy atom. The lowest BCUT2D eigenvalue weighted by Gasteiger charge is -2.13. The number of carbonyl (C=O) groups excluding carboxylic acids is 2. The number of carbonyl (C=O) groups is 2. The van der Waals surface area contributed by atoms with E-state index in [-0.39, 0.29) is 5.95 Å². The fourth-order valence-electron chi connectivity index (χ4n) is 1.30. The van der Waals surface area contributed by atoms with Gasteiger partial charge in [-0.3, -0.25) is 9.59 Å². The second-order valence-corrected chi connectivity index (χ2v) is 3.55. The van der Waals surface area contributed by atoms with E-state index in [1.807, 2.05) is 19.1 Å². The summed E-state index contributed by atoms with van der Waals surface area (Å²) in [6.07, 6.45) is 6.13. The summed E-state index contributed by atoms with van der Waals surface area (Å²) in [5, 5.41) is 0. The van der Waals surface area contributed by atoms with Gasteiger partial charge >= 0.3 is 11.9 Å². The molecular formula is C12H14O4. The fourth-order valence-corrected chi connectivity index (χ4v) is 1.30. The first-order valence-electron chi connectivity index (χ1n) is 4.93. The second-order valence-electron chi connectivity index (χ2n) is 3.55. The van der Waals surface area contributed by atoms with Crippen molar-refractivity contribution in [2.24, 2.45) is 0 Å². The highest BCUT2D eigenvalue weighted by atomic mass is 16.7. The normalized spacial score (nSPS) is 14.2. The monoisotopic (exact) mass is 222 g/mol. The van der Waals surface area contributed by atoms with Crippen LogP contribution in [0.5, 0.6) is 0 Å². The van der Waals surface area contributed by atoms with Crippen molar-refractivity contribution >= 4 is 11.9 Å². The largest absolute Gasteiger partial charge is 0.392 e. The minimum absolute atomic E-state index is 0.0244. The Balaban J connectivity index is 2.94. The van der Waals surface area contributed by atoms with Gasteiger partial charge < -0.3 is 9.47 Å². The lowest BCUT2D eigenvalue weighted by Crippen LogP contribution is -2.09. The van der Waals surface area contributed by atoms with Gasteiger partial charge in [0.15, 0.2) is 0 Å². The van der Waals surface area contributed by atoms with E-state index in [0.717, 1.165) is 5.57 Å². The molecule has 0 aromatic carbocycles. The Labute approximate surface area is 94.2 Å². The van der Waals surface area contributed by atoms with E-state index in [1.54, 1.807) is 6.08 Å². The van der Waals surface area contributed by atoms with E-state index in [9.17, 15) is 9.59 Å². The van der Waals surface area contributed by atoms with Crippen LogP contribution in [-0.4, -0.2) is 11.9 Å². The van der Waals surface area contributed by atoms with Crippen LogP contribution in [0, 0.1) is 0 Å². The molecule has 0 saturated carbocycles. The summed E-state index contributed by atoms with van der Waals surface area (Å²) >= 11 is 0. The Kier molecular flexibility index (Phi) is 4.05. The molecular weight excluding hydrogens is 208 g/mol. The highest BCUT2D eigenvalue weighted by Crippen LogP contribution is 2.22. The maximum Gasteiger partial charge on any atom is 0.310 e. The van der Waals surface area contributed by atoms with Crippen molar-refractivity contribution in [3.63, 3.8) is 0 Å². The summed E-state index contributed by atoms with van der Waals surface area (Å²) in [6.45, 7) is 4.47. The Morgan fingerprint density at radius 3 is 2.19 bits per heavy atom. The van der Waals surface area contributed by atoms with Gasteiger partial charge in [0.05, 0.1) is 0 Å². The van der Waals surface area contributed by atoms with Crippen LogP contribution in [0.4, 0.5) is 0 Å². The summed E-state index contributed by atoms with van der Waals surface area (Å²) in [7, 11) is 0. The molecule has 0 N–H and O–H groups in total. The predicted octanol–water partition coefficient (Wildman–Crippen LogP) is 2.23. The maximum atomic E-state index is 10.9. The van der Waals surface area contributed by atoms with Gasteiger partial charge in [0.2, 0.25) is 0 Å². The van der Waals surface area contributed by atoms with Crippen LogP contribution < -0.4 is 0 Å². The molecule has 0 unspecified atom stereocenters. The third-order valence-corrected chi connectivity index (χ3v) is 1.88. The van der Waals surface area contributed by atoms with Gasteiger partial charge in [-0.25, -0.2) is 0 Å². The summed E-state index contributed by atoms with van der Waals surface area (Å²) < 4.78 is 9.74. The highest BCUT2D eigenvalue weighted by molar-refractivity contribution is 5.70. The van der Waals surface area contributed by atoms with Gasteiger partial charge in [0.25, 0.3) is 5.95 Å². The average Bonchev–Trinajstić information content (AvgIpc) is 2.15. The molecule has 0 spiro atoms. The lowest BCUT2D eigenvalue weighted by molar-refractivity contribution is -0.151. The number of hydrogen-bond acceptors (Lipinski definition) is 4. The predicted molar refractivity (Wildman–Crippen MR) is 58.1 cm³/mol. The van der Waals surface area contributed by atoms with Crippen LogP contribution in [0.25, 0.3) is 0 Å². The van der Waals surface area contributed by atoms with Crippen molar-refractivity contribution in [3.05, 3.63) is 35.3 Å². The number of ether oxygens (including phenoxy) is 2. The molecule has 0 aromatic rings. The van der Waals surface area contributed by atoms with Gasteiger partial charge in [-0.2, -0.15) is 0 Å². The molecule has 16 heavy (non-hydrogen) atoms. The minimum Gasteiger partial charge on any atom is -0.392 e. The molecule has 0 saturated heterocycles. The molecule has 0 aliphatic heterocycles. The molecule has 4 nitrogen and oxygen atoms in total. The molecule has 1 aliphatic rings. The smallest absolute Gasteiger partial charge is 0.310 e. The van der Waals surface area contributed by atoms with Crippen LogP contribution in [0.15, 0.2) is 35.3 Å². The standard InChI is InChI=1S/C12H14O4/c1-8-5-4-6-11(7-8)12(15-9(2)13)16-10(3)14/h4-6H,7H2,1-3H3. The van der Waals surface area contributed by atoms with E-state index in [0.29, 0.717) is 12.0 Å². The summed E-state index contributed by atoms with van der Waals surface area (Å²) in [5.41, 5.74) is 1.79. The maximum absolute atomic E-state index is 10.9. The van der Waals surface area contributed by atoms with Crippen molar-refractivity contribution in [2.45, 2.75) is 27.2 Å². The molecule has 0 heterocycles. The zero-order chi connectivity index (χ0) is 12.1. The van der Waals surface area contributed by atoms with Gasteiger partial charge in [-0.1, -0.05) is 23.8 Å². The van der Waals surface area contributed by atoms with Crippen molar-refractivity contribution in [1.82, 2.24) is 0 Å². The molecule has 0 atom stereocenters. The molecule has 86 valence electrons. The Bertz CT molecular complexity index is 381. The quantitative estimate of drug-likeness (QED) is 0.531. The van der Waals surface area contributed by atoms with Gasteiger partial charge in [-0.05, 0) is 6.92 Å². The highest BCUT2D eigenvalue weighted by Gasteiger charge is 2.14. The van der Waals surface area contributed by atoms with Gasteiger partial charge in [0, 0.05) is 25.8 Å². The third-order valence-electron chi connectivity index (χ3n) is 1.88. The number of allylic oxidation sites excluding steroid dienone is 5. The van der Waals surface area contributed by atoms with E-state index in [2.05, 4.69) is 0 Å². The minimum atomic E-state index is -0.510. The fraction of sp³-hybridized carbons (Fsp3) is 0.333. The molecule has 1 aliphatic carbocycles. The molecule has 0 amide bonds. The molecule has 0 aromatic heterocycles.